The Labute approximate surface area is 121 Å². The normalized spacial score (nSPS) is 31.2. The van der Waals surface area contributed by atoms with E-state index >= 15 is 0 Å². The summed E-state index contributed by atoms with van der Waals surface area (Å²) in [6.07, 6.45) is 6.84. The van der Waals surface area contributed by atoms with Crippen LogP contribution >= 0.6 is 11.8 Å². The Bertz CT molecular complexity index is 311. The van der Waals surface area contributed by atoms with Gasteiger partial charge >= 0.3 is 6.03 Å². The highest BCUT2D eigenvalue weighted by Crippen LogP contribution is 2.28. The zero-order valence-corrected chi connectivity index (χ0v) is 13.2. The number of hydrogen-bond donors (Lipinski definition) is 1. The third-order valence-electron chi connectivity index (χ3n) is 4.24. The Hall–Kier alpha value is -0.420. The number of carbonyl (C=O) groups is 1. The van der Waals surface area contributed by atoms with Crippen molar-refractivity contribution in [2.75, 3.05) is 40.0 Å². The number of nitrogens with one attached hydrogen (secondary N) is 1. The molecule has 0 radical (unpaired) electrons. The summed E-state index contributed by atoms with van der Waals surface area (Å²) < 4.78 is 0. The maximum Gasteiger partial charge on any atom is 0.317 e. The maximum absolute atomic E-state index is 12.2. The van der Waals surface area contributed by atoms with Crippen LogP contribution in [0.1, 0.15) is 25.7 Å². The van der Waals surface area contributed by atoms with Gasteiger partial charge in [-0.2, -0.15) is 11.8 Å². The van der Waals surface area contributed by atoms with Gasteiger partial charge < -0.3 is 15.1 Å². The first-order valence-electron chi connectivity index (χ1n) is 7.31. The molecule has 3 atom stereocenters. The minimum atomic E-state index is 0.160. The van der Waals surface area contributed by atoms with Gasteiger partial charge in [0, 0.05) is 30.9 Å². The third-order valence-corrected chi connectivity index (χ3v) is 5.34. The van der Waals surface area contributed by atoms with Gasteiger partial charge in [0.1, 0.15) is 0 Å². The molecule has 0 bridgehead atoms. The number of nitrogens with zero attached hydrogens (tertiary/aromatic N) is 2. The summed E-state index contributed by atoms with van der Waals surface area (Å²) >= 11 is 1.93. The average Bonchev–Trinajstić information content (AvgIpc) is 2.97. The highest BCUT2D eigenvalue weighted by Gasteiger charge is 2.30. The number of amides is 2. The second kappa shape index (κ2) is 6.84. The molecule has 2 fully saturated rings. The van der Waals surface area contributed by atoms with Crippen molar-refractivity contribution in [3.8, 4) is 0 Å². The highest BCUT2D eigenvalue weighted by atomic mass is 32.2. The fourth-order valence-electron chi connectivity index (χ4n) is 3.23. The largest absolute Gasteiger partial charge is 0.335 e. The number of hydrogen-bond acceptors (Lipinski definition) is 3. The molecular formula is C14H27N3OS. The van der Waals surface area contributed by atoms with E-state index in [0.29, 0.717) is 12.0 Å². The van der Waals surface area contributed by atoms with Crippen molar-refractivity contribution >= 4 is 17.8 Å². The SMILES string of the molecule is CS[C@@H]1CC[C@@H](NC(=O)N2CC[C@H](CN(C)C)C2)C1. The Balaban J connectivity index is 1.72. The highest BCUT2D eigenvalue weighted by molar-refractivity contribution is 7.99. The van der Waals surface area contributed by atoms with E-state index in [1.54, 1.807) is 0 Å². The van der Waals surface area contributed by atoms with Crippen LogP contribution in [-0.2, 0) is 0 Å². The Kier molecular flexibility index (Phi) is 5.39. The molecule has 2 amide bonds. The molecule has 5 heteroatoms. The second-order valence-electron chi connectivity index (χ2n) is 6.18. The van der Waals surface area contributed by atoms with Crippen LogP contribution in [-0.4, -0.2) is 67.1 Å². The number of carbonyl (C=O) groups excluding carboxylic acids is 1. The predicted molar refractivity (Wildman–Crippen MR) is 81.7 cm³/mol. The Morgan fingerprint density at radius 1 is 1.37 bits per heavy atom. The van der Waals surface area contributed by atoms with E-state index < -0.39 is 0 Å². The Morgan fingerprint density at radius 3 is 2.79 bits per heavy atom. The molecule has 4 nitrogen and oxygen atoms in total. The van der Waals surface area contributed by atoms with Crippen LogP contribution < -0.4 is 5.32 Å². The summed E-state index contributed by atoms with van der Waals surface area (Å²) in [5.74, 6) is 0.642. The van der Waals surface area contributed by atoms with Crippen LogP contribution in [0.5, 0.6) is 0 Å². The zero-order chi connectivity index (χ0) is 13.8. The molecule has 19 heavy (non-hydrogen) atoms. The van der Waals surface area contributed by atoms with Crippen LogP contribution in [0.25, 0.3) is 0 Å². The molecule has 1 saturated heterocycles. The lowest BCUT2D eigenvalue weighted by atomic mass is 10.1. The van der Waals surface area contributed by atoms with E-state index in [2.05, 4.69) is 30.6 Å². The lowest BCUT2D eigenvalue weighted by Gasteiger charge is -2.21. The van der Waals surface area contributed by atoms with Crippen LogP contribution in [0.3, 0.4) is 0 Å². The summed E-state index contributed by atoms with van der Waals surface area (Å²) in [5.41, 5.74) is 0. The molecule has 0 aromatic rings. The molecule has 1 N–H and O–H groups in total. The first-order chi connectivity index (χ1) is 9.08. The van der Waals surface area contributed by atoms with Gasteiger partial charge in [0.15, 0.2) is 0 Å². The van der Waals surface area contributed by atoms with Crippen molar-refractivity contribution < 1.29 is 4.79 Å². The summed E-state index contributed by atoms with van der Waals surface area (Å²) in [5, 5.41) is 3.96. The minimum Gasteiger partial charge on any atom is -0.335 e. The van der Waals surface area contributed by atoms with Crippen molar-refractivity contribution in [2.45, 2.75) is 37.0 Å². The number of rotatable bonds is 4. The molecule has 1 aliphatic heterocycles. The van der Waals surface area contributed by atoms with Gasteiger partial charge in [-0.3, -0.25) is 0 Å². The summed E-state index contributed by atoms with van der Waals surface area (Å²) in [7, 11) is 4.20. The van der Waals surface area contributed by atoms with Crippen molar-refractivity contribution in [3.63, 3.8) is 0 Å². The molecule has 0 unspecified atom stereocenters. The number of likely N-dealkylation sites (tertiary alicyclic amines) is 1. The molecule has 1 aliphatic carbocycles. The molecule has 2 rings (SSSR count). The van der Waals surface area contributed by atoms with Gasteiger partial charge in [-0.1, -0.05) is 0 Å². The van der Waals surface area contributed by atoms with E-state index in [9.17, 15) is 4.79 Å². The standard InChI is InChI=1S/C14H27N3OS/c1-16(2)9-11-6-7-17(10-11)14(18)15-12-4-5-13(8-12)19-3/h11-13H,4-10H2,1-3H3,(H,15,18)/t11-,12-,13-/m1/s1. The maximum atomic E-state index is 12.2. The van der Waals surface area contributed by atoms with Crippen LogP contribution in [0.4, 0.5) is 4.79 Å². The number of urea groups is 1. The van der Waals surface area contributed by atoms with Crippen molar-refractivity contribution in [2.24, 2.45) is 5.92 Å². The molecule has 110 valence electrons. The first kappa shape index (κ1) is 15.0. The van der Waals surface area contributed by atoms with E-state index in [4.69, 9.17) is 0 Å². The lowest BCUT2D eigenvalue weighted by molar-refractivity contribution is 0.201. The number of thioether (sulfide) groups is 1. The minimum absolute atomic E-state index is 0.160. The van der Waals surface area contributed by atoms with Gasteiger partial charge in [-0.15, -0.1) is 0 Å². The predicted octanol–water partition coefficient (Wildman–Crippen LogP) is 1.86. The first-order valence-corrected chi connectivity index (χ1v) is 8.60. The quantitative estimate of drug-likeness (QED) is 0.856. The fourth-order valence-corrected chi connectivity index (χ4v) is 4.03. The van der Waals surface area contributed by atoms with Gasteiger partial charge in [-0.25, -0.2) is 4.79 Å². The van der Waals surface area contributed by atoms with Crippen LogP contribution in [0.15, 0.2) is 0 Å². The topological polar surface area (TPSA) is 35.6 Å². The molecule has 2 aliphatic rings. The van der Waals surface area contributed by atoms with Crippen molar-refractivity contribution in [1.82, 2.24) is 15.1 Å². The van der Waals surface area contributed by atoms with E-state index in [1.165, 1.54) is 6.42 Å². The van der Waals surface area contributed by atoms with Crippen LogP contribution in [0, 0.1) is 5.92 Å². The molecule has 1 saturated carbocycles. The summed E-state index contributed by atoms with van der Waals surface area (Å²) in [6.45, 7) is 2.92. The smallest absolute Gasteiger partial charge is 0.317 e. The molecule has 0 spiro atoms. The van der Waals surface area contributed by atoms with Crippen molar-refractivity contribution in [1.29, 1.82) is 0 Å². The second-order valence-corrected chi connectivity index (χ2v) is 7.32. The van der Waals surface area contributed by atoms with E-state index in [-0.39, 0.29) is 6.03 Å². The van der Waals surface area contributed by atoms with Gasteiger partial charge in [0.05, 0.1) is 0 Å². The zero-order valence-electron chi connectivity index (χ0n) is 12.4. The fraction of sp³-hybridized carbons (Fsp3) is 0.929. The van der Waals surface area contributed by atoms with Gasteiger partial charge in [-0.05, 0) is 52.0 Å². The monoisotopic (exact) mass is 285 g/mol. The van der Waals surface area contributed by atoms with Gasteiger partial charge in [0.2, 0.25) is 0 Å². The third kappa shape index (κ3) is 4.28. The molecule has 0 aromatic carbocycles. The molecule has 0 aromatic heterocycles. The lowest BCUT2D eigenvalue weighted by Crippen LogP contribution is -2.43. The molecule has 1 heterocycles. The van der Waals surface area contributed by atoms with Crippen molar-refractivity contribution in [3.05, 3.63) is 0 Å². The van der Waals surface area contributed by atoms with Gasteiger partial charge in [0.25, 0.3) is 0 Å². The molecular weight excluding hydrogens is 258 g/mol. The van der Waals surface area contributed by atoms with E-state index in [0.717, 1.165) is 44.1 Å². The summed E-state index contributed by atoms with van der Waals surface area (Å²) in [4.78, 5) is 16.4. The Morgan fingerprint density at radius 2 is 2.16 bits per heavy atom. The average molecular weight is 285 g/mol. The summed E-state index contributed by atoms with van der Waals surface area (Å²) in [6, 6.07) is 0.561. The van der Waals surface area contributed by atoms with E-state index in [1.807, 2.05) is 16.7 Å². The van der Waals surface area contributed by atoms with Crippen LogP contribution in [0.2, 0.25) is 0 Å².